The van der Waals surface area contributed by atoms with Gasteiger partial charge in [0.05, 0.1) is 17.0 Å². The fourth-order valence-corrected chi connectivity index (χ4v) is 2.59. The number of hydrogen-bond donors (Lipinski definition) is 2. The highest BCUT2D eigenvalue weighted by Gasteiger charge is 2.17. The number of carbonyl (C=O) groups is 1. The molecular formula is C14H20N2O2S. The van der Waals surface area contributed by atoms with Gasteiger partial charge in [0.1, 0.15) is 0 Å². The third-order valence-electron chi connectivity index (χ3n) is 3.22. The molecule has 0 spiro atoms. The van der Waals surface area contributed by atoms with Crippen molar-refractivity contribution in [2.24, 2.45) is 0 Å². The molecule has 0 unspecified atom stereocenters. The minimum absolute atomic E-state index is 0.0650. The summed E-state index contributed by atoms with van der Waals surface area (Å²) in [5, 5.41) is 6.25. The van der Waals surface area contributed by atoms with E-state index in [9.17, 15) is 4.79 Å². The summed E-state index contributed by atoms with van der Waals surface area (Å²) >= 11 is 1.58. The lowest BCUT2D eigenvalue weighted by Crippen LogP contribution is -2.25. The van der Waals surface area contributed by atoms with Crippen molar-refractivity contribution < 1.29 is 9.53 Å². The van der Waals surface area contributed by atoms with E-state index in [0.29, 0.717) is 5.75 Å². The van der Waals surface area contributed by atoms with E-state index in [0.717, 1.165) is 29.2 Å². The standard InChI is InChI=1S/C14H20N2O2S/c1-14(2,18-3)6-7-15-10-4-5-12-11(8-10)16-13(17)9-19-12/h4-5,8,15H,6-7,9H2,1-3H3,(H,16,17). The van der Waals surface area contributed by atoms with E-state index in [-0.39, 0.29) is 11.5 Å². The maximum absolute atomic E-state index is 11.4. The number of anilines is 2. The SMILES string of the molecule is COC(C)(C)CCNc1ccc2c(c1)NC(=O)CS2. The van der Waals surface area contributed by atoms with Gasteiger partial charge >= 0.3 is 0 Å². The molecule has 2 rings (SSSR count). The van der Waals surface area contributed by atoms with Crippen molar-refractivity contribution in [3.05, 3.63) is 18.2 Å². The third kappa shape index (κ3) is 3.88. The quantitative estimate of drug-likeness (QED) is 0.870. The van der Waals surface area contributed by atoms with Crippen LogP contribution in [0.2, 0.25) is 0 Å². The maximum Gasteiger partial charge on any atom is 0.234 e. The summed E-state index contributed by atoms with van der Waals surface area (Å²) in [5.74, 6) is 0.567. The lowest BCUT2D eigenvalue weighted by Gasteiger charge is -2.23. The third-order valence-corrected chi connectivity index (χ3v) is 4.29. The predicted molar refractivity (Wildman–Crippen MR) is 80.0 cm³/mol. The molecule has 4 nitrogen and oxygen atoms in total. The Morgan fingerprint density at radius 1 is 1.47 bits per heavy atom. The molecule has 104 valence electrons. The molecule has 0 fully saturated rings. The number of methoxy groups -OCH3 is 1. The fourth-order valence-electron chi connectivity index (χ4n) is 1.80. The van der Waals surface area contributed by atoms with Gasteiger partial charge in [-0.3, -0.25) is 4.79 Å². The topological polar surface area (TPSA) is 50.4 Å². The van der Waals surface area contributed by atoms with E-state index >= 15 is 0 Å². The molecule has 1 heterocycles. The van der Waals surface area contributed by atoms with E-state index in [1.807, 2.05) is 18.2 Å². The first-order chi connectivity index (χ1) is 9.00. The van der Waals surface area contributed by atoms with Crippen LogP contribution in [-0.4, -0.2) is 30.9 Å². The smallest absolute Gasteiger partial charge is 0.234 e. The van der Waals surface area contributed by atoms with E-state index in [1.54, 1.807) is 18.9 Å². The van der Waals surface area contributed by atoms with Crippen molar-refractivity contribution in [3.8, 4) is 0 Å². The van der Waals surface area contributed by atoms with Crippen LogP contribution in [0.4, 0.5) is 11.4 Å². The monoisotopic (exact) mass is 280 g/mol. The molecule has 1 aliphatic heterocycles. The van der Waals surface area contributed by atoms with Crippen LogP contribution in [0.25, 0.3) is 0 Å². The molecule has 0 saturated heterocycles. The fraction of sp³-hybridized carbons (Fsp3) is 0.500. The number of ether oxygens (including phenoxy) is 1. The lowest BCUT2D eigenvalue weighted by atomic mass is 10.1. The van der Waals surface area contributed by atoms with Crippen molar-refractivity contribution >= 4 is 29.0 Å². The highest BCUT2D eigenvalue weighted by atomic mass is 32.2. The number of hydrogen-bond acceptors (Lipinski definition) is 4. The number of amides is 1. The Kier molecular flexibility index (Phi) is 4.37. The Bertz CT molecular complexity index is 475. The Labute approximate surface area is 118 Å². The first-order valence-electron chi connectivity index (χ1n) is 6.36. The minimum atomic E-state index is -0.120. The van der Waals surface area contributed by atoms with E-state index in [2.05, 4.69) is 24.5 Å². The molecule has 1 aromatic rings. The zero-order valence-corrected chi connectivity index (χ0v) is 12.4. The first kappa shape index (κ1) is 14.2. The molecule has 1 amide bonds. The van der Waals surface area contributed by atoms with Crippen LogP contribution in [0.3, 0.4) is 0 Å². The van der Waals surface area contributed by atoms with Gasteiger partial charge in [-0.25, -0.2) is 0 Å². The van der Waals surface area contributed by atoms with Crippen molar-refractivity contribution in [1.29, 1.82) is 0 Å². The zero-order valence-electron chi connectivity index (χ0n) is 11.6. The Hall–Kier alpha value is -1.20. The van der Waals surface area contributed by atoms with Gasteiger partial charge in [0.25, 0.3) is 0 Å². The Morgan fingerprint density at radius 3 is 3.00 bits per heavy atom. The predicted octanol–water partition coefficient (Wildman–Crippen LogP) is 2.96. The van der Waals surface area contributed by atoms with Crippen LogP contribution in [-0.2, 0) is 9.53 Å². The van der Waals surface area contributed by atoms with E-state index in [1.165, 1.54) is 0 Å². The average Bonchev–Trinajstić information content (AvgIpc) is 2.38. The van der Waals surface area contributed by atoms with Gasteiger partial charge in [0.2, 0.25) is 5.91 Å². The van der Waals surface area contributed by atoms with Crippen LogP contribution < -0.4 is 10.6 Å². The summed E-state index contributed by atoms with van der Waals surface area (Å²) in [7, 11) is 1.73. The van der Waals surface area contributed by atoms with Crippen LogP contribution in [0, 0.1) is 0 Å². The Morgan fingerprint density at radius 2 is 2.26 bits per heavy atom. The van der Waals surface area contributed by atoms with Crippen LogP contribution in [0.15, 0.2) is 23.1 Å². The van der Waals surface area contributed by atoms with Crippen molar-refractivity contribution in [2.45, 2.75) is 30.8 Å². The molecule has 0 atom stereocenters. The molecule has 2 N–H and O–H groups in total. The van der Waals surface area contributed by atoms with Gasteiger partial charge in [0, 0.05) is 24.2 Å². The summed E-state index contributed by atoms with van der Waals surface area (Å²) in [6, 6.07) is 6.07. The Balaban J connectivity index is 1.95. The number of rotatable bonds is 5. The molecule has 0 radical (unpaired) electrons. The molecule has 0 saturated carbocycles. The summed E-state index contributed by atoms with van der Waals surface area (Å²) in [4.78, 5) is 12.5. The van der Waals surface area contributed by atoms with Crippen LogP contribution in [0.1, 0.15) is 20.3 Å². The average molecular weight is 280 g/mol. The number of carbonyl (C=O) groups excluding carboxylic acids is 1. The van der Waals surface area contributed by atoms with Gasteiger partial charge in [0.15, 0.2) is 0 Å². The van der Waals surface area contributed by atoms with Gasteiger partial charge in [-0.05, 0) is 38.5 Å². The van der Waals surface area contributed by atoms with E-state index in [4.69, 9.17) is 4.74 Å². The molecule has 0 bridgehead atoms. The second-order valence-electron chi connectivity index (χ2n) is 5.19. The molecule has 0 aliphatic carbocycles. The highest BCUT2D eigenvalue weighted by Crippen LogP contribution is 2.33. The van der Waals surface area contributed by atoms with Gasteiger partial charge in [-0.15, -0.1) is 11.8 Å². The summed E-state index contributed by atoms with van der Waals surface area (Å²) in [6.07, 6.45) is 0.918. The number of benzene rings is 1. The second kappa shape index (κ2) is 5.84. The summed E-state index contributed by atoms with van der Waals surface area (Å²) in [6.45, 7) is 4.97. The molecule has 1 aliphatic rings. The van der Waals surface area contributed by atoms with Crippen molar-refractivity contribution in [2.75, 3.05) is 30.0 Å². The maximum atomic E-state index is 11.4. The number of thioether (sulfide) groups is 1. The molecule has 0 aromatic heterocycles. The lowest BCUT2D eigenvalue weighted by molar-refractivity contribution is -0.113. The molecule has 1 aromatic carbocycles. The molecular weight excluding hydrogens is 260 g/mol. The highest BCUT2D eigenvalue weighted by molar-refractivity contribution is 8.00. The second-order valence-corrected chi connectivity index (χ2v) is 6.21. The number of fused-ring (bicyclic) bond motifs is 1. The summed E-state index contributed by atoms with van der Waals surface area (Å²) in [5.41, 5.74) is 1.80. The van der Waals surface area contributed by atoms with Crippen LogP contribution >= 0.6 is 11.8 Å². The van der Waals surface area contributed by atoms with Gasteiger partial charge < -0.3 is 15.4 Å². The zero-order chi connectivity index (χ0) is 13.9. The largest absolute Gasteiger partial charge is 0.385 e. The van der Waals surface area contributed by atoms with Crippen molar-refractivity contribution in [1.82, 2.24) is 0 Å². The normalized spacial score (nSPS) is 14.8. The van der Waals surface area contributed by atoms with Gasteiger partial charge in [-0.2, -0.15) is 0 Å². The minimum Gasteiger partial charge on any atom is -0.385 e. The van der Waals surface area contributed by atoms with E-state index < -0.39 is 0 Å². The summed E-state index contributed by atoms with van der Waals surface area (Å²) < 4.78 is 5.38. The molecule has 19 heavy (non-hydrogen) atoms. The van der Waals surface area contributed by atoms with Crippen LogP contribution in [0.5, 0.6) is 0 Å². The van der Waals surface area contributed by atoms with Crippen molar-refractivity contribution in [3.63, 3.8) is 0 Å². The van der Waals surface area contributed by atoms with Gasteiger partial charge in [-0.1, -0.05) is 0 Å². The molecule has 5 heteroatoms. The number of nitrogens with one attached hydrogen (secondary N) is 2. The first-order valence-corrected chi connectivity index (χ1v) is 7.34.